The van der Waals surface area contributed by atoms with Crippen LogP contribution in [-0.2, 0) is 0 Å². The molecule has 0 aliphatic heterocycles. The minimum Gasteiger partial charge on any atom is -0.508 e. The van der Waals surface area contributed by atoms with Gasteiger partial charge in [0.1, 0.15) is 17.2 Å². The fourth-order valence-corrected chi connectivity index (χ4v) is 1.83. The molecule has 5 nitrogen and oxygen atoms in total. The maximum Gasteiger partial charge on any atom is 0.127 e. The summed E-state index contributed by atoms with van der Waals surface area (Å²) in [7, 11) is 0. The first-order valence-electron chi connectivity index (χ1n) is 6.01. The molecule has 0 unspecified atom stereocenters. The van der Waals surface area contributed by atoms with Gasteiger partial charge in [-0.1, -0.05) is 13.8 Å². The Kier molecular flexibility index (Phi) is 4.81. The predicted octanol–water partition coefficient (Wildman–Crippen LogP) is 1.60. The number of phenolic OH excluding ortho intramolecular Hbond substituents is 3. The highest BCUT2D eigenvalue weighted by Crippen LogP contribution is 2.37. The molecule has 0 aliphatic carbocycles. The van der Waals surface area contributed by atoms with Gasteiger partial charge in [0.2, 0.25) is 0 Å². The van der Waals surface area contributed by atoms with E-state index in [-0.39, 0.29) is 22.8 Å². The molecule has 0 saturated carbocycles. The zero-order chi connectivity index (χ0) is 13.9. The van der Waals surface area contributed by atoms with Gasteiger partial charge in [0.25, 0.3) is 0 Å². The van der Waals surface area contributed by atoms with Crippen molar-refractivity contribution in [1.82, 2.24) is 0 Å². The third kappa shape index (κ3) is 3.51. The Labute approximate surface area is 107 Å². The molecule has 0 fully saturated rings. The largest absolute Gasteiger partial charge is 0.508 e. The lowest BCUT2D eigenvalue weighted by molar-refractivity contribution is 0.126. The van der Waals surface area contributed by atoms with E-state index in [0.717, 1.165) is 18.6 Å². The highest BCUT2D eigenvalue weighted by Gasteiger charge is 2.23. The van der Waals surface area contributed by atoms with Crippen LogP contribution in [-0.4, -0.2) is 26.5 Å². The van der Waals surface area contributed by atoms with Crippen LogP contribution in [0.1, 0.15) is 38.3 Å². The van der Waals surface area contributed by atoms with Gasteiger partial charge in [-0.3, -0.25) is 0 Å². The average Bonchev–Trinajstić information content (AvgIpc) is 2.24. The summed E-state index contributed by atoms with van der Waals surface area (Å²) in [5.74, 6) is -0.446. The van der Waals surface area contributed by atoms with Crippen LogP contribution in [0.2, 0.25) is 0 Å². The first-order chi connectivity index (χ1) is 8.32. The first-order valence-corrected chi connectivity index (χ1v) is 6.01. The van der Waals surface area contributed by atoms with Crippen molar-refractivity contribution in [3.05, 3.63) is 17.7 Å². The topological polar surface area (TPSA) is 107 Å². The number of aliphatic hydroxyl groups is 1. The number of nitrogens with two attached hydrogens (primary N) is 1. The number of hydrogen-bond acceptors (Lipinski definition) is 5. The number of benzene rings is 1. The average molecular weight is 255 g/mol. The second kappa shape index (κ2) is 5.93. The van der Waals surface area contributed by atoms with Gasteiger partial charge in [0.05, 0.1) is 17.7 Å². The number of aromatic hydroxyl groups is 3. The normalized spacial score (nSPS) is 14.7. The Hall–Kier alpha value is -1.46. The second-order valence-corrected chi connectivity index (χ2v) is 4.96. The van der Waals surface area contributed by atoms with E-state index in [2.05, 4.69) is 0 Å². The quantitative estimate of drug-likeness (QED) is 0.549. The molecule has 5 heteroatoms. The van der Waals surface area contributed by atoms with E-state index >= 15 is 0 Å². The predicted molar refractivity (Wildman–Crippen MR) is 68.4 cm³/mol. The van der Waals surface area contributed by atoms with Crippen LogP contribution in [0.4, 0.5) is 0 Å². The van der Waals surface area contributed by atoms with E-state index in [9.17, 15) is 20.4 Å². The Morgan fingerprint density at radius 1 is 1.06 bits per heavy atom. The molecule has 0 radical (unpaired) electrons. The summed E-state index contributed by atoms with van der Waals surface area (Å²) in [6, 6.07) is 1.29. The third-order valence-corrected chi connectivity index (χ3v) is 2.91. The van der Waals surface area contributed by atoms with Crippen molar-refractivity contribution in [2.24, 2.45) is 11.7 Å². The molecule has 2 atom stereocenters. The fraction of sp³-hybridized carbons (Fsp3) is 0.538. The minimum absolute atomic E-state index is 0.0593. The zero-order valence-corrected chi connectivity index (χ0v) is 10.7. The summed E-state index contributed by atoms with van der Waals surface area (Å²) in [5, 5.41) is 38.4. The molecule has 18 heavy (non-hydrogen) atoms. The van der Waals surface area contributed by atoms with Gasteiger partial charge in [0, 0.05) is 12.1 Å². The molecular weight excluding hydrogens is 234 g/mol. The minimum atomic E-state index is -0.885. The summed E-state index contributed by atoms with van der Waals surface area (Å²) < 4.78 is 0. The van der Waals surface area contributed by atoms with Gasteiger partial charge in [-0.25, -0.2) is 0 Å². The van der Waals surface area contributed by atoms with Gasteiger partial charge in [-0.05, 0) is 18.8 Å². The van der Waals surface area contributed by atoms with Gasteiger partial charge < -0.3 is 26.2 Å². The maximum atomic E-state index is 9.93. The molecular formula is C13H21NO4. The zero-order valence-electron chi connectivity index (χ0n) is 10.7. The summed E-state index contributed by atoms with van der Waals surface area (Å²) >= 11 is 0. The second-order valence-electron chi connectivity index (χ2n) is 4.96. The van der Waals surface area contributed by atoms with Crippen molar-refractivity contribution >= 4 is 0 Å². The van der Waals surface area contributed by atoms with E-state index in [4.69, 9.17) is 5.73 Å². The van der Waals surface area contributed by atoms with Crippen LogP contribution in [0, 0.1) is 5.92 Å². The Balaban J connectivity index is 2.86. The van der Waals surface area contributed by atoms with Crippen LogP contribution < -0.4 is 5.73 Å². The van der Waals surface area contributed by atoms with Crippen molar-refractivity contribution in [2.45, 2.75) is 38.8 Å². The van der Waals surface area contributed by atoms with Crippen molar-refractivity contribution in [2.75, 3.05) is 0 Å². The molecule has 0 heterocycles. The van der Waals surface area contributed by atoms with Crippen molar-refractivity contribution < 1.29 is 20.4 Å². The molecule has 0 bridgehead atoms. The van der Waals surface area contributed by atoms with E-state index in [1.54, 1.807) is 0 Å². The van der Waals surface area contributed by atoms with Crippen LogP contribution in [0.15, 0.2) is 12.1 Å². The molecule has 0 spiro atoms. The monoisotopic (exact) mass is 255 g/mol. The molecule has 1 aromatic rings. The van der Waals surface area contributed by atoms with Gasteiger partial charge in [-0.15, -0.1) is 0 Å². The Bertz CT molecular complexity index is 383. The van der Waals surface area contributed by atoms with Crippen molar-refractivity contribution in [3.63, 3.8) is 0 Å². The van der Waals surface area contributed by atoms with E-state index in [0.29, 0.717) is 12.3 Å². The lowest BCUT2D eigenvalue weighted by Gasteiger charge is -2.21. The van der Waals surface area contributed by atoms with Gasteiger partial charge in [-0.2, -0.15) is 0 Å². The lowest BCUT2D eigenvalue weighted by atomic mass is 9.94. The van der Waals surface area contributed by atoms with Gasteiger partial charge in [0.15, 0.2) is 0 Å². The molecule has 0 amide bonds. The highest BCUT2D eigenvalue weighted by molar-refractivity contribution is 5.50. The summed E-state index contributed by atoms with van der Waals surface area (Å²) in [6.45, 7) is 4.07. The fourth-order valence-electron chi connectivity index (χ4n) is 1.83. The number of rotatable bonds is 5. The highest BCUT2D eigenvalue weighted by atomic mass is 16.3. The maximum absolute atomic E-state index is 9.93. The smallest absolute Gasteiger partial charge is 0.127 e. The molecule has 6 N–H and O–H groups in total. The SMILES string of the molecule is CC(C)CC[C@H](O)[C@H](N)c1c(O)cc(O)cc1O. The molecule has 1 aromatic carbocycles. The van der Waals surface area contributed by atoms with Crippen LogP contribution in [0.3, 0.4) is 0 Å². The molecule has 0 saturated heterocycles. The Morgan fingerprint density at radius 2 is 1.56 bits per heavy atom. The third-order valence-electron chi connectivity index (χ3n) is 2.91. The molecule has 1 rings (SSSR count). The summed E-state index contributed by atoms with van der Waals surface area (Å²) in [5.41, 5.74) is 5.88. The number of phenols is 3. The molecule has 0 aliphatic rings. The number of hydrogen-bond donors (Lipinski definition) is 5. The molecule has 0 aromatic heterocycles. The standard InChI is InChI=1S/C13H21NO4/c1-7(2)3-4-9(16)13(14)12-10(17)5-8(15)6-11(12)18/h5-7,9,13,15-18H,3-4,14H2,1-2H3/t9-,13-/m0/s1. The van der Waals surface area contributed by atoms with Crippen molar-refractivity contribution in [3.8, 4) is 17.2 Å². The Morgan fingerprint density at radius 3 is 2.00 bits per heavy atom. The van der Waals surface area contributed by atoms with Crippen LogP contribution in [0.25, 0.3) is 0 Å². The summed E-state index contributed by atoms with van der Waals surface area (Å²) in [6.07, 6.45) is 0.432. The van der Waals surface area contributed by atoms with Gasteiger partial charge >= 0.3 is 0 Å². The number of aliphatic hydroxyl groups excluding tert-OH is 1. The first kappa shape index (κ1) is 14.6. The lowest BCUT2D eigenvalue weighted by Crippen LogP contribution is -2.26. The van der Waals surface area contributed by atoms with E-state index in [1.165, 1.54) is 0 Å². The summed E-state index contributed by atoms with van der Waals surface area (Å²) in [4.78, 5) is 0. The van der Waals surface area contributed by atoms with Crippen LogP contribution >= 0.6 is 0 Å². The van der Waals surface area contributed by atoms with Crippen LogP contribution in [0.5, 0.6) is 17.2 Å². The van der Waals surface area contributed by atoms with E-state index in [1.807, 2.05) is 13.8 Å². The van der Waals surface area contributed by atoms with E-state index < -0.39 is 12.1 Å². The molecule has 102 valence electrons. The van der Waals surface area contributed by atoms with Crippen molar-refractivity contribution in [1.29, 1.82) is 0 Å².